The van der Waals surface area contributed by atoms with Gasteiger partial charge < -0.3 is 5.32 Å². The van der Waals surface area contributed by atoms with Crippen molar-refractivity contribution in [1.29, 1.82) is 0 Å². The highest BCUT2D eigenvalue weighted by Gasteiger charge is 2.47. The lowest BCUT2D eigenvalue weighted by atomic mass is 9.56. The van der Waals surface area contributed by atoms with Gasteiger partial charge in [-0.25, -0.2) is 0 Å². The summed E-state index contributed by atoms with van der Waals surface area (Å²) in [6.07, 6.45) is 1.27. The van der Waals surface area contributed by atoms with Gasteiger partial charge in [-0.05, 0) is 55.3 Å². The van der Waals surface area contributed by atoms with Gasteiger partial charge in [0, 0.05) is 6.04 Å². The molecule has 1 aliphatic carbocycles. The van der Waals surface area contributed by atoms with Crippen molar-refractivity contribution in [2.75, 3.05) is 7.05 Å². The van der Waals surface area contributed by atoms with Crippen LogP contribution in [-0.2, 0) is 0 Å². The third kappa shape index (κ3) is 1.67. The molecule has 88 valence electrons. The normalized spacial score (nSPS) is 27.6. The summed E-state index contributed by atoms with van der Waals surface area (Å²) in [5, 5.41) is 3.42. The van der Waals surface area contributed by atoms with Crippen LogP contribution in [0.2, 0.25) is 0 Å². The van der Waals surface area contributed by atoms with Gasteiger partial charge in [0.05, 0.1) is 0 Å². The van der Waals surface area contributed by atoms with Crippen LogP contribution in [-0.4, -0.2) is 13.1 Å². The molecule has 0 spiro atoms. The second-order valence-electron chi connectivity index (χ2n) is 5.79. The summed E-state index contributed by atoms with van der Waals surface area (Å²) in [4.78, 5) is 0. The van der Waals surface area contributed by atoms with Crippen LogP contribution in [0, 0.1) is 19.3 Å². The van der Waals surface area contributed by atoms with Crippen molar-refractivity contribution in [3.63, 3.8) is 0 Å². The van der Waals surface area contributed by atoms with Crippen LogP contribution in [0.15, 0.2) is 18.2 Å². The van der Waals surface area contributed by atoms with E-state index >= 15 is 0 Å². The molecule has 2 unspecified atom stereocenters. The molecule has 1 aliphatic rings. The fourth-order valence-corrected chi connectivity index (χ4v) is 2.96. The van der Waals surface area contributed by atoms with E-state index in [1.165, 1.54) is 23.1 Å². The molecule has 0 radical (unpaired) electrons. The van der Waals surface area contributed by atoms with Crippen molar-refractivity contribution >= 4 is 0 Å². The minimum atomic E-state index is 0.385. The van der Waals surface area contributed by atoms with Crippen LogP contribution < -0.4 is 5.32 Å². The highest BCUT2D eigenvalue weighted by atomic mass is 14.9. The van der Waals surface area contributed by atoms with Crippen LogP contribution >= 0.6 is 0 Å². The largest absolute Gasteiger partial charge is 0.316 e. The van der Waals surface area contributed by atoms with Crippen LogP contribution in [0.1, 0.15) is 42.9 Å². The van der Waals surface area contributed by atoms with E-state index in [4.69, 9.17) is 0 Å². The Hall–Kier alpha value is -0.820. The Morgan fingerprint density at radius 3 is 2.38 bits per heavy atom. The molecule has 1 aromatic carbocycles. The molecular formula is C15H23N. The summed E-state index contributed by atoms with van der Waals surface area (Å²) in [6, 6.07) is 7.60. The van der Waals surface area contributed by atoms with E-state index in [0.29, 0.717) is 17.4 Å². The maximum atomic E-state index is 3.42. The molecule has 0 amide bonds. The van der Waals surface area contributed by atoms with Gasteiger partial charge in [-0.3, -0.25) is 0 Å². The van der Waals surface area contributed by atoms with Crippen molar-refractivity contribution in [3.05, 3.63) is 34.9 Å². The summed E-state index contributed by atoms with van der Waals surface area (Å²) >= 11 is 0. The Balaban J connectivity index is 2.24. The molecule has 0 aliphatic heterocycles. The maximum Gasteiger partial charge on any atom is 0.0127 e. The van der Waals surface area contributed by atoms with Gasteiger partial charge in [-0.1, -0.05) is 32.0 Å². The minimum Gasteiger partial charge on any atom is -0.316 e. The van der Waals surface area contributed by atoms with Crippen LogP contribution in [0.25, 0.3) is 0 Å². The van der Waals surface area contributed by atoms with Gasteiger partial charge in [0.2, 0.25) is 0 Å². The first-order valence-corrected chi connectivity index (χ1v) is 6.21. The average Bonchev–Trinajstić information content (AvgIpc) is 2.22. The van der Waals surface area contributed by atoms with Gasteiger partial charge in [-0.15, -0.1) is 0 Å². The molecule has 0 bridgehead atoms. The lowest BCUT2D eigenvalue weighted by Crippen LogP contribution is -2.54. The number of aryl methyl sites for hydroxylation is 2. The molecule has 16 heavy (non-hydrogen) atoms. The van der Waals surface area contributed by atoms with Crippen LogP contribution in [0.5, 0.6) is 0 Å². The highest BCUT2D eigenvalue weighted by Crippen LogP contribution is 2.52. The van der Waals surface area contributed by atoms with Gasteiger partial charge in [-0.2, -0.15) is 0 Å². The quantitative estimate of drug-likeness (QED) is 0.800. The van der Waals surface area contributed by atoms with Crippen molar-refractivity contribution < 1.29 is 0 Å². The molecule has 0 saturated heterocycles. The molecular weight excluding hydrogens is 194 g/mol. The first-order valence-electron chi connectivity index (χ1n) is 6.21. The molecule has 1 fully saturated rings. The van der Waals surface area contributed by atoms with E-state index in [2.05, 4.69) is 58.3 Å². The van der Waals surface area contributed by atoms with Gasteiger partial charge in [0.15, 0.2) is 0 Å². The fourth-order valence-electron chi connectivity index (χ4n) is 2.96. The number of hydrogen-bond acceptors (Lipinski definition) is 1. The van der Waals surface area contributed by atoms with Gasteiger partial charge >= 0.3 is 0 Å². The Bertz CT molecular complexity index is 392. The number of nitrogens with one attached hydrogen (secondary N) is 1. The average molecular weight is 217 g/mol. The van der Waals surface area contributed by atoms with Crippen molar-refractivity contribution in [1.82, 2.24) is 5.32 Å². The Labute approximate surface area is 99.3 Å². The lowest BCUT2D eigenvalue weighted by molar-refractivity contribution is 0.0751. The third-order valence-electron chi connectivity index (χ3n) is 4.55. The summed E-state index contributed by atoms with van der Waals surface area (Å²) in [7, 11) is 2.07. The number of rotatable bonds is 2. The third-order valence-corrected chi connectivity index (χ3v) is 4.55. The molecule has 1 N–H and O–H groups in total. The SMILES string of the molecule is CNC1CC(c2ccc(C)c(C)c2)C1(C)C. The zero-order valence-corrected chi connectivity index (χ0v) is 11.1. The highest BCUT2D eigenvalue weighted by molar-refractivity contribution is 5.35. The van der Waals surface area contributed by atoms with Gasteiger partial charge in [0.25, 0.3) is 0 Å². The molecule has 0 heterocycles. The van der Waals surface area contributed by atoms with E-state index in [1.54, 1.807) is 0 Å². The number of hydrogen-bond donors (Lipinski definition) is 1. The second kappa shape index (κ2) is 3.89. The zero-order chi connectivity index (χ0) is 11.9. The summed E-state index contributed by atoms with van der Waals surface area (Å²) in [5.74, 6) is 0.712. The lowest BCUT2D eigenvalue weighted by Gasteiger charge is -2.52. The summed E-state index contributed by atoms with van der Waals surface area (Å²) < 4.78 is 0. The van der Waals surface area contributed by atoms with E-state index in [1.807, 2.05) is 0 Å². The Kier molecular flexibility index (Phi) is 2.83. The minimum absolute atomic E-state index is 0.385. The monoisotopic (exact) mass is 217 g/mol. The predicted octanol–water partition coefficient (Wildman–Crippen LogP) is 3.40. The topological polar surface area (TPSA) is 12.0 Å². The maximum absolute atomic E-state index is 3.42. The molecule has 1 heteroatoms. The zero-order valence-electron chi connectivity index (χ0n) is 11.1. The van der Waals surface area contributed by atoms with E-state index in [-0.39, 0.29) is 0 Å². The predicted molar refractivity (Wildman–Crippen MR) is 69.9 cm³/mol. The molecule has 1 saturated carbocycles. The van der Waals surface area contributed by atoms with Gasteiger partial charge in [0.1, 0.15) is 0 Å². The van der Waals surface area contributed by atoms with Crippen LogP contribution in [0.3, 0.4) is 0 Å². The standard InChI is InChI=1S/C15H23N/c1-10-6-7-12(8-11(10)2)13-9-14(16-5)15(13,3)4/h6-8,13-14,16H,9H2,1-5H3. The van der Waals surface area contributed by atoms with E-state index < -0.39 is 0 Å². The molecule has 2 rings (SSSR count). The fraction of sp³-hybridized carbons (Fsp3) is 0.600. The Morgan fingerprint density at radius 2 is 1.88 bits per heavy atom. The molecule has 0 aromatic heterocycles. The molecule has 1 aromatic rings. The summed E-state index contributed by atoms with van der Waals surface area (Å²) in [6.45, 7) is 9.14. The van der Waals surface area contributed by atoms with Crippen molar-refractivity contribution in [2.24, 2.45) is 5.41 Å². The smallest absolute Gasteiger partial charge is 0.0127 e. The van der Waals surface area contributed by atoms with E-state index in [9.17, 15) is 0 Å². The first-order chi connectivity index (χ1) is 7.46. The Morgan fingerprint density at radius 1 is 1.19 bits per heavy atom. The second-order valence-corrected chi connectivity index (χ2v) is 5.79. The number of benzene rings is 1. The van der Waals surface area contributed by atoms with Crippen molar-refractivity contribution in [2.45, 2.75) is 46.1 Å². The molecule has 1 nitrogen and oxygen atoms in total. The molecule has 2 atom stereocenters. The summed E-state index contributed by atoms with van der Waals surface area (Å²) in [5.41, 5.74) is 4.71. The van der Waals surface area contributed by atoms with Crippen molar-refractivity contribution in [3.8, 4) is 0 Å². The van der Waals surface area contributed by atoms with Crippen LogP contribution in [0.4, 0.5) is 0 Å². The van der Waals surface area contributed by atoms with E-state index in [0.717, 1.165) is 0 Å². The first kappa shape index (κ1) is 11.7.